The van der Waals surface area contributed by atoms with Crippen LogP contribution in [0.5, 0.6) is 11.5 Å². The molecule has 4 aliphatic rings. The molecule has 105 heavy (non-hydrogen) atoms. The second-order valence-electron chi connectivity index (χ2n) is 24.9. The number of rotatable bonds is 11. The lowest BCUT2D eigenvalue weighted by Gasteiger charge is -2.18. The van der Waals surface area contributed by atoms with Crippen LogP contribution in [0.2, 0.25) is 0 Å². The number of carboxylic acid groups (broad SMARTS) is 1. The second-order valence-corrected chi connectivity index (χ2v) is 25.7. The lowest BCUT2D eigenvalue weighted by Crippen LogP contribution is -2.13. The zero-order valence-electron chi connectivity index (χ0n) is 57.7. The number of aliphatic carboxylic acids is 1. The van der Waals surface area contributed by atoms with E-state index in [4.69, 9.17) is 24.1 Å². The normalized spacial score (nSPS) is 15.7. The first kappa shape index (κ1) is 85.3. The topological polar surface area (TPSA) is 146 Å². The molecule has 11 rings (SSSR count). The lowest BCUT2D eigenvalue weighted by molar-refractivity contribution is -0.144. The Labute approximate surface area is 601 Å². The summed E-state index contributed by atoms with van der Waals surface area (Å²) >= 11 is 2.86. The van der Waals surface area contributed by atoms with E-state index >= 15 is 0 Å². The van der Waals surface area contributed by atoms with Gasteiger partial charge in [0.15, 0.2) is 5.78 Å². The summed E-state index contributed by atoms with van der Waals surface area (Å²) in [5, 5.41) is 18.0. The second kappa shape index (κ2) is 35.2. The predicted molar refractivity (Wildman–Crippen MR) is 355 cm³/mol. The molecular formula is C76H73BrF18O10. The van der Waals surface area contributed by atoms with Crippen molar-refractivity contribution in [3.05, 3.63) is 230 Å². The SMILES string of the molecule is CCOC(=O)CCc1cccc(C)c1C(F)(F)F.COC(=O)C[C@@H]1COc2cc(O[C@@H]3CCc4c3ccc(C)c4C(F)(F)F)ccc21.Cc1ccc2c(c1C(F)(F)F)CCC2=O.Cc1ccc2c(c1C(F)(F)F)CC[C@@H]2O.Cc1cccc(Br)c1C(F)(F)F.Cc1cccc(CCC(=O)O)c1C(F)(F)F. The third-order valence-corrected chi connectivity index (χ3v) is 18.2. The number of carbonyl (C=O) groups excluding carboxylic acids is 3. The Hall–Kier alpha value is -8.60. The Morgan fingerprint density at radius 3 is 1.42 bits per heavy atom. The fraction of sp³-hybridized carbons (Fsp3) is 0.395. The number of fused-ring (bicyclic) bond motifs is 4. The van der Waals surface area contributed by atoms with Crippen LogP contribution in [-0.4, -0.2) is 54.2 Å². The molecule has 29 heteroatoms. The van der Waals surface area contributed by atoms with Gasteiger partial charge >= 0.3 is 55.0 Å². The van der Waals surface area contributed by atoms with Crippen molar-refractivity contribution in [3.63, 3.8) is 0 Å². The average Bonchev–Trinajstić information content (AvgIpc) is 1.67. The molecule has 0 saturated heterocycles. The van der Waals surface area contributed by atoms with Crippen molar-refractivity contribution in [2.45, 2.75) is 174 Å². The number of esters is 2. The average molecular weight is 1570 g/mol. The number of benzene rings is 7. The number of alkyl halides is 18. The largest absolute Gasteiger partial charge is 0.492 e. The molecule has 0 amide bonds. The van der Waals surface area contributed by atoms with Gasteiger partial charge in [0.05, 0.1) is 66.2 Å². The Bertz CT molecular complexity index is 4230. The van der Waals surface area contributed by atoms with E-state index in [0.29, 0.717) is 60.5 Å². The zero-order valence-corrected chi connectivity index (χ0v) is 59.2. The minimum Gasteiger partial charge on any atom is -0.492 e. The Morgan fingerprint density at radius 1 is 0.505 bits per heavy atom. The molecule has 7 aromatic rings. The van der Waals surface area contributed by atoms with Crippen molar-refractivity contribution < 1.29 is 127 Å². The number of Topliss-reactive ketones (excluding diaryl/α,β-unsaturated/α-hetero) is 1. The molecule has 10 nitrogen and oxygen atoms in total. The van der Waals surface area contributed by atoms with Gasteiger partial charge < -0.3 is 29.2 Å². The lowest BCUT2D eigenvalue weighted by atomic mass is 9.97. The summed E-state index contributed by atoms with van der Waals surface area (Å²) in [6, 6.07) is 27.4. The van der Waals surface area contributed by atoms with E-state index in [2.05, 4.69) is 15.9 Å². The van der Waals surface area contributed by atoms with E-state index in [1.54, 1.807) is 43.3 Å². The maximum atomic E-state index is 13.5. The van der Waals surface area contributed by atoms with E-state index in [-0.39, 0.29) is 135 Å². The van der Waals surface area contributed by atoms with Crippen LogP contribution < -0.4 is 9.47 Å². The van der Waals surface area contributed by atoms with Crippen molar-refractivity contribution >= 4 is 39.6 Å². The summed E-state index contributed by atoms with van der Waals surface area (Å²) < 4.78 is 252. The molecule has 0 bridgehead atoms. The number of ether oxygens (including phenoxy) is 4. The number of ketones is 1. The first-order valence-electron chi connectivity index (χ1n) is 32.5. The number of aliphatic hydroxyl groups is 1. The third-order valence-electron chi connectivity index (χ3n) is 17.5. The highest BCUT2D eigenvalue weighted by Gasteiger charge is 2.43. The molecule has 2 N–H and O–H groups in total. The van der Waals surface area contributed by atoms with Gasteiger partial charge in [0, 0.05) is 46.8 Å². The summed E-state index contributed by atoms with van der Waals surface area (Å²) in [6.07, 6.45) is -25.6. The molecule has 1 aliphatic heterocycles. The predicted octanol–water partition coefficient (Wildman–Crippen LogP) is 21.6. The van der Waals surface area contributed by atoms with Crippen LogP contribution in [0.25, 0.3) is 0 Å². The van der Waals surface area contributed by atoms with E-state index < -0.39 is 94.6 Å². The zero-order chi connectivity index (χ0) is 78.6. The maximum absolute atomic E-state index is 13.5. The van der Waals surface area contributed by atoms with Gasteiger partial charge in [-0.15, -0.1) is 0 Å². The van der Waals surface area contributed by atoms with Crippen molar-refractivity contribution in [3.8, 4) is 11.5 Å². The van der Waals surface area contributed by atoms with Crippen LogP contribution in [-0.2, 0) is 93.0 Å². The fourth-order valence-electron chi connectivity index (χ4n) is 12.9. The van der Waals surface area contributed by atoms with Crippen molar-refractivity contribution in [2.75, 3.05) is 20.3 Å². The Morgan fingerprint density at radius 2 is 0.943 bits per heavy atom. The maximum Gasteiger partial charge on any atom is 0.417 e. The highest BCUT2D eigenvalue weighted by Crippen LogP contribution is 2.48. The van der Waals surface area contributed by atoms with Gasteiger partial charge in [-0.2, -0.15) is 79.0 Å². The van der Waals surface area contributed by atoms with Gasteiger partial charge in [-0.1, -0.05) is 107 Å². The molecule has 0 unspecified atom stereocenters. The van der Waals surface area contributed by atoms with Crippen LogP contribution >= 0.6 is 15.9 Å². The summed E-state index contributed by atoms with van der Waals surface area (Å²) in [4.78, 5) is 44.3. The molecule has 7 aromatic carbocycles. The number of aliphatic hydroxyl groups excluding tert-OH is 1. The number of hydrogen-bond donors (Lipinski definition) is 2. The molecule has 3 aliphatic carbocycles. The van der Waals surface area contributed by atoms with E-state index in [1.165, 1.54) is 115 Å². The molecule has 3 atom stereocenters. The number of carboxylic acids is 1. The summed E-state index contributed by atoms with van der Waals surface area (Å²) in [6.45, 7) is 10.9. The van der Waals surface area contributed by atoms with Gasteiger partial charge in [0.1, 0.15) is 17.6 Å². The highest BCUT2D eigenvalue weighted by molar-refractivity contribution is 9.10. The molecule has 0 saturated carbocycles. The molecule has 570 valence electrons. The fourth-order valence-corrected chi connectivity index (χ4v) is 13.6. The Kier molecular flexibility index (Phi) is 28.6. The van der Waals surface area contributed by atoms with Gasteiger partial charge in [-0.3, -0.25) is 19.2 Å². The van der Waals surface area contributed by atoms with Gasteiger partial charge in [0.25, 0.3) is 0 Å². The summed E-state index contributed by atoms with van der Waals surface area (Å²) in [5.74, 6) is -0.970. The quantitative estimate of drug-likeness (QED) is 0.0948. The van der Waals surface area contributed by atoms with Gasteiger partial charge in [-0.25, -0.2) is 0 Å². The van der Waals surface area contributed by atoms with Gasteiger partial charge in [0.2, 0.25) is 0 Å². The molecular weight excluding hydrogens is 1490 g/mol. The molecule has 0 spiro atoms. The smallest absolute Gasteiger partial charge is 0.417 e. The number of hydrogen-bond acceptors (Lipinski definition) is 9. The van der Waals surface area contributed by atoms with Crippen LogP contribution in [0.15, 0.2) is 114 Å². The van der Waals surface area contributed by atoms with Crippen LogP contribution in [0.3, 0.4) is 0 Å². The number of aryl methyl sites for hydroxylation is 8. The molecule has 1 heterocycles. The Balaban J connectivity index is 0.000000203. The molecule has 0 aromatic heterocycles. The van der Waals surface area contributed by atoms with Gasteiger partial charge in [-0.05, 0) is 178 Å². The minimum absolute atomic E-state index is 0.0369. The number of methoxy groups -OCH3 is 1. The van der Waals surface area contributed by atoms with E-state index in [0.717, 1.165) is 5.56 Å². The first-order valence-corrected chi connectivity index (χ1v) is 33.3. The standard InChI is InChI=1S/C22H21F3O4.C13H15F3O2.C11H11F3O2.C11H11F3O.C11H9F3O.C8H6BrF3/c1-12-3-5-16-17(21(12)22(23,24)25)7-8-18(16)29-14-4-6-15-13(9-20(26)27-2)11-28-19(15)10-14;1-3-18-11(17)8-7-10-6-4-5-9(2)12(10)13(14,15)16;1-7-3-2-4-8(5-6-9(15)16)10(7)11(12,13)14;2*1-6-2-3-7-8(4-5-9(7)15)10(6)11(12,13)14;1-5-3-2-4-6(9)7(5)8(10,11)12/h3-6,10,13,18H,7-9,11H2,1-2H3;4-6H,3,7-8H2,1-2H3;2-4H,5-6H2,1H3,(H,15,16);2-3,9,15H,4-5H2,1H3;2-3H,4-5H2,1H3;2-4H,1H3/t13-,18-;;;9-;;/m1..0../s1. The van der Waals surface area contributed by atoms with Crippen molar-refractivity contribution in [2.24, 2.45) is 0 Å². The van der Waals surface area contributed by atoms with Crippen molar-refractivity contribution in [1.29, 1.82) is 0 Å². The summed E-state index contributed by atoms with van der Waals surface area (Å²) in [7, 11) is 1.35. The van der Waals surface area contributed by atoms with E-state index in [1.807, 2.05) is 6.07 Å². The monoisotopic (exact) mass is 1570 g/mol. The van der Waals surface area contributed by atoms with Crippen molar-refractivity contribution in [1.82, 2.24) is 0 Å². The van der Waals surface area contributed by atoms with Crippen LogP contribution in [0, 0.1) is 41.5 Å². The highest BCUT2D eigenvalue weighted by atomic mass is 79.9. The first-order chi connectivity index (χ1) is 48.7. The number of carbonyl (C=O) groups is 4. The van der Waals surface area contributed by atoms with Crippen LogP contribution in [0.1, 0.15) is 185 Å². The molecule has 0 radical (unpaired) electrons. The summed E-state index contributed by atoms with van der Waals surface area (Å²) in [5.41, 5.74) is 0.646. The minimum atomic E-state index is -4.43. The van der Waals surface area contributed by atoms with Crippen LogP contribution in [0.4, 0.5) is 79.0 Å². The molecule has 0 fully saturated rings. The van der Waals surface area contributed by atoms with E-state index in [9.17, 15) is 103 Å². The third kappa shape index (κ3) is 22.5. The number of halogens is 19.